The maximum atomic E-state index is 12.6. The number of aliphatic hydroxyl groups excluding tert-OH is 2. The van der Waals surface area contributed by atoms with Crippen molar-refractivity contribution in [3.8, 4) is 0 Å². The molecule has 0 aromatic heterocycles. The van der Waals surface area contributed by atoms with Crippen molar-refractivity contribution in [1.29, 1.82) is 0 Å². The summed E-state index contributed by atoms with van der Waals surface area (Å²) in [6, 6.07) is 0. The van der Waals surface area contributed by atoms with Gasteiger partial charge in [-0.25, -0.2) is 8.78 Å². The number of likely N-dealkylation sites (tertiary alicyclic amines) is 1. The highest BCUT2D eigenvalue weighted by molar-refractivity contribution is 9.09. The highest BCUT2D eigenvalue weighted by atomic mass is 79.9. The minimum atomic E-state index is -0.666. The van der Waals surface area contributed by atoms with Crippen molar-refractivity contribution in [2.24, 2.45) is 0 Å². The molecule has 4 nitrogen and oxygen atoms in total. The molecule has 0 aromatic rings. The summed E-state index contributed by atoms with van der Waals surface area (Å²) < 4.78 is 24.8. The van der Waals surface area contributed by atoms with Gasteiger partial charge in [0.2, 0.25) is 0 Å². The zero-order chi connectivity index (χ0) is 15.9. The summed E-state index contributed by atoms with van der Waals surface area (Å²) in [5, 5.41) is 20.0. The molecule has 2 unspecified atom stereocenters. The molecule has 0 amide bonds. The van der Waals surface area contributed by atoms with Gasteiger partial charge in [0.25, 0.3) is 0 Å². The van der Waals surface area contributed by atoms with Crippen molar-refractivity contribution in [2.75, 3.05) is 51.3 Å². The van der Waals surface area contributed by atoms with Crippen molar-refractivity contribution >= 4 is 15.9 Å². The van der Waals surface area contributed by atoms with E-state index in [1.807, 2.05) is 4.90 Å². The summed E-state index contributed by atoms with van der Waals surface area (Å²) in [7, 11) is 0. The molecule has 2 rings (SSSR count). The van der Waals surface area contributed by atoms with E-state index in [1.165, 1.54) is 0 Å². The molecule has 2 saturated heterocycles. The molecule has 2 aliphatic rings. The zero-order valence-electron chi connectivity index (χ0n) is 12.6. The topological polar surface area (TPSA) is 55.7 Å². The second-order valence-electron chi connectivity index (χ2n) is 5.12. The number of β-amino-alcohol motifs (C(OH)–C–C–N with tert-alkyl or cyclic N) is 1. The summed E-state index contributed by atoms with van der Waals surface area (Å²) in [6.45, 7) is 4.04. The van der Waals surface area contributed by atoms with Gasteiger partial charge in [-0.05, 0) is 38.8 Å². The first kappa shape index (κ1) is 21.2. The first-order valence-electron chi connectivity index (χ1n) is 7.62. The molecule has 2 fully saturated rings. The SMILES string of the molecule is FC1CCCNC1.OCCBr.OCCN1CCCC(F)C1. The van der Waals surface area contributed by atoms with Crippen LogP contribution in [-0.2, 0) is 0 Å². The average molecular weight is 375 g/mol. The maximum Gasteiger partial charge on any atom is 0.113 e. The molecule has 0 saturated carbocycles. The molecule has 0 spiro atoms. The van der Waals surface area contributed by atoms with Crippen LogP contribution in [0.2, 0.25) is 0 Å². The third kappa shape index (κ3) is 13.6. The van der Waals surface area contributed by atoms with Gasteiger partial charge in [0.05, 0.1) is 13.2 Å². The van der Waals surface area contributed by atoms with Crippen LogP contribution in [0.4, 0.5) is 8.78 Å². The van der Waals surface area contributed by atoms with Gasteiger partial charge in [0.15, 0.2) is 0 Å². The number of halogens is 3. The van der Waals surface area contributed by atoms with Crippen LogP contribution in [0, 0.1) is 0 Å². The van der Waals surface area contributed by atoms with Gasteiger partial charge in [0.1, 0.15) is 12.3 Å². The lowest BCUT2D eigenvalue weighted by Crippen LogP contribution is -2.37. The smallest absolute Gasteiger partial charge is 0.113 e. The number of hydrogen-bond acceptors (Lipinski definition) is 4. The van der Waals surface area contributed by atoms with E-state index in [0.717, 1.165) is 32.4 Å². The van der Waals surface area contributed by atoms with Crippen molar-refractivity contribution in [1.82, 2.24) is 10.2 Å². The van der Waals surface area contributed by atoms with E-state index in [2.05, 4.69) is 21.2 Å². The minimum absolute atomic E-state index is 0.146. The van der Waals surface area contributed by atoms with Gasteiger partial charge in [-0.1, -0.05) is 15.9 Å². The van der Waals surface area contributed by atoms with Crippen LogP contribution < -0.4 is 5.32 Å². The zero-order valence-corrected chi connectivity index (χ0v) is 14.2. The summed E-state index contributed by atoms with van der Waals surface area (Å²) in [6.07, 6.45) is 2.14. The van der Waals surface area contributed by atoms with Crippen molar-refractivity contribution in [3.63, 3.8) is 0 Å². The maximum absolute atomic E-state index is 12.6. The molecule has 7 heteroatoms. The second-order valence-corrected chi connectivity index (χ2v) is 5.91. The summed E-state index contributed by atoms with van der Waals surface area (Å²) in [4.78, 5) is 1.97. The fourth-order valence-electron chi connectivity index (χ4n) is 2.15. The quantitative estimate of drug-likeness (QED) is 0.655. The first-order valence-corrected chi connectivity index (χ1v) is 8.75. The van der Waals surface area contributed by atoms with Gasteiger partial charge in [0, 0.05) is 25.0 Å². The van der Waals surface area contributed by atoms with Gasteiger partial charge in [-0.2, -0.15) is 0 Å². The molecule has 0 aromatic carbocycles. The van der Waals surface area contributed by atoms with Crippen LogP contribution in [0.1, 0.15) is 25.7 Å². The Morgan fingerprint density at radius 3 is 2.14 bits per heavy atom. The van der Waals surface area contributed by atoms with Crippen molar-refractivity contribution < 1.29 is 19.0 Å². The second kappa shape index (κ2) is 15.1. The summed E-state index contributed by atoms with van der Waals surface area (Å²) in [5.41, 5.74) is 0. The van der Waals surface area contributed by atoms with E-state index in [1.54, 1.807) is 0 Å². The molecule has 2 aliphatic heterocycles. The highest BCUT2D eigenvalue weighted by Gasteiger charge is 2.17. The van der Waals surface area contributed by atoms with E-state index in [-0.39, 0.29) is 13.2 Å². The lowest BCUT2D eigenvalue weighted by Gasteiger charge is -2.27. The predicted octanol–water partition coefficient (Wildman–Crippen LogP) is 1.49. The fourth-order valence-corrected chi connectivity index (χ4v) is 2.15. The standard InChI is InChI=1S/C7H14FNO.C5H10FN.C2H5BrO/c8-7-2-1-3-9(6-7)4-5-10;6-5-2-1-3-7-4-5;3-1-2-4/h7,10H,1-6H2;5,7H,1-4H2;4H,1-2H2. The molecule has 0 aliphatic carbocycles. The Hall–Kier alpha value is 0.180. The number of nitrogens with zero attached hydrogens (tertiary/aromatic N) is 1. The Balaban J connectivity index is 0.000000317. The molecular formula is C14H29BrF2N2O2. The minimum Gasteiger partial charge on any atom is -0.396 e. The highest BCUT2D eigenvalue weighted by Crippen LogP contribution is 2.11. The summed E-state index contributed by atoms with van der Waals surface area (Å²) >= 11 is 3.00. The lowest BCUT2D eigenvalue weighted by atomic mass is 10.1. The Labute approximate surface area is 135 Å². The van der Waals surface area contributed by atoms with Crippen molar-refractivity contribution in [2.45, 2.75) is 38.0 Å². The number of alkyl halides is 3. The molecule has 3 N–H and O–H groups in total. The number of nitrogens with one attached hydrogen (secondary N) is 1. The Kier molecular flexibility index (Phi) is 15.2. The van der Waals surface area contributed by atoms with Crippen LogP contribution in [0.25, 0.3) is 0 Å². The van der Waals surface area contributed by atoms with Crippen LogP contribution in [0.5, 0.6) is 0 Å². The van der Waals surface area contributed by atoms with Gasteiger partial charge in [-0.3, -0.25) is 4.90 Å². The molecule has 0 radical (unpaired) electrons. The van der Waals surface area contributed by atoms with Gasteiger partial charge < -0.3 is 15.5 Å². The van der Waals surface area contributed by atoms with E-state index in [0.29, 0.717) is 31.4 Å². The van der Waals surface area contributed by atoms with E-state index in [9.17, 15) is 8.78 Å². The van der Waals surface area contributed by atoms with E-state index < -0.39 is 12.3 Å². The van der Waals surface area contributed by atoms with Crippen LogP contribution in [0.15, 0.2) is 0 Å². The van der Waals surface area contributed by atoms with E-state index >= 15 is 0 Å². The fraction of sp³-hybridized carbons (Fsp3) is 1.00. The molecule has 128 valence electrons. The van der Waals surface area contributed by atoms with E-state index in [4.69, 9.17) is 10.2 Å². The monoisotopic (exact) mass is 374 g/mol. The largest absolute Gasteiger partial charge is 0.396 e. The van der Waals surface area contributed by atoms with Crippen LogP contribution >= 0.6 is 15.9 Å². The Morgan fingerprint density at radius 1 is 1.10 bits per heavy atom. The van der Waals surface area contributed by atoms with Crippen LogP contribution in [0.3, 0.4) is 0 Å². The Bertz CT molecular complexity index is 219. The Morgan fingerprint density at radius 2 is 1.76 bits per heavy atom. The number of hydrogen-bond donors (Lipinski definition) is 3. The van der Waals surface area contributed by atoms with Crippen molar-refractivity contribution in [3.05, 3.63) is 0 Å². The summed E-state index contributed by atoms with van der Waals surface area (Å²) in [5.74, 6) is 0. The van der Waals surface area contributed by atoms with Gasteiger partial charge in [-0.15, -0.1) is 0 Å². The molecule has 2 heterocycles. The lowest BCUT2D eigenvalue weighted by molar-refractivity contribution is 0.116. The molecule has 2 atom stereocenters. The molecule has 0 bridgehead atoms. The number of piperidine rings is 2. The number of rotatable bonds is 3. The average Bonchev–Trinajstić information content (AvgIpc) is 2.49. The predicted molar refractivity (Wildman–Crippen MR) is 85.5 cm³/mol. The van der Waals surface area contributed by atoms with Gasteiger partial charge >= 0.3 is 0 Å². The number of aliphatic hydroxyl groups is 2. The molecular weight excluding hydrogens is 346 g/mol. The first-order chi connectivity index (χ1) is 10.1. The third-order valence-corrected chi connectivity index (χ3v) is 3.54. The molecule has 21 heavy (non-hydrogen) atoms. The normalized spacial score (nSPS) is 26.1. The van der Waals surface area contributed by atoms with Crippen LogP contribution in [-0.4, -0.2) is 78.7 Å². The third-order valence-electron chi connectivity index (χ3n) is 3.19.